The van der Waals surface area contributed by atoms with E-state index >= 15 is 0 Å². The summed E-state index contributed by atoms with van der Waals surface area (Å²) in [6, 6.07) is 14.3. The third kappa shape index (κ3) is 4.59. The second-order valence-corrected chi connectivity index (χ2v) is 8.72. The number of likely N-dealkylation sites (tertiary alicyclic amines) is 1. The lowest BCUT2D eigenvalue weighted by Gasteiger charge is -2.39. The van der Waals surface area contributed by atoms with Crippen molar-refractivity contribution in [1.29, 1.82) is 0 Å². The zero-order chi connectivity index (χ0) is 18.6. The van der Waals surface area contributed by atoms with Crippen LogP contribution in [-0.4, -0.2) is 29.8 Å². The fourth-order valence-electron chi connectivity index (χ4n) is 3.86. The molecule has 2 fully saturated rings. The Hall–Kier alpha value is -2.14. The number of piperidine rings is 1. The minimum Gasteiger partial charge on any atom is -0.356 e. The highest BCUT2D eigenvalue weighted by molar-refractivity contribution is 7.10. The first-order valence-electron chi connectivity index (χ1n) is 9.85. The molecular formula is C22H26N2O2S. The molecule has 0 unspecified atom stereocenters. The Morgan fingerprint density at radius 1 is 1.04 bits per heavy atom. The van der Waals surface area contributed by atoms with E-state index in [9.17, 15) is 9.59 Å². The molecule has 0 spiro atoms. The SMILES string of the molecule is O=C(NCC1CC1)[C@@H]1CC[C@@H](c2ccccc2)N(C(=O)Cc2cccs2)C1. The Kier molecular flexibility index (Phi) is 5.58. The number of nitrogens with zero attached hydrogens (tertiary/aromatic N) is 1. The van der Waals surface area contributed by atoms with Crippen molar-refractivity contribution in [1.82, 2.24) is 10.2 Å². The summed E-state index contributed by atoms with van der Waals surface area (Å²) in [5, 5.41) is 5.10. The molecule has 1 aliphatic heterocycles. The largest absolute Gasteiger partial charge is 0.356 e. The first-order valence-corrected chi connectivity index (χ1v) is 10.7. The maximum absolute atomic E-state index is 13.1. The predicted octanol–water partition coefficient (Wildman–Crippen LogP) is 3.80. The van der Waals surface area contributed by atoms with Crippen molar-refractivity contribution in [2.45, 2.75) is 38.1 Å². The monoisotopic (exact) mass is 382 g/mol. The van der Waals surface area contributed by atoms with Gasteiger partial charge in [0, 0.05) is 18.0 Å². The van der Waals surface area contributed by atoms with Gasteiger partial charge in [0.15, 0.2) is 0 Å². The van der Waals surface area contributed by atoms with E-state index in [0.717, 1.165) is 29.8 Å². The van der Waals surface area contributed by atoms with Crippen molar-refractivity contribution < 1.29 is 9.59 Å². The molecule has 1 N–H and O–H groups in total. The van der Waals surface area contributed by atoms with Crippen molar-refractivity contribution in [2.24, 2.45) is 11.8 Å². The molecule has 2 amide bonds. The number of rotatable bonds is 6. The van der Waals surface area contributed by atoms with E-state index < -0.39 is 0 Å². The maximum atomic E-state index is 13.1. The third-order valence-electron chi connectivity index (χ3n) is 5.62. The van der Waals surface area contributed by atoms with Crippen LogP contribution in [0.5, 0.6) is 0 Å². The van der Waals surface area contributed by atoms with Crippen LogP contribution in [0, 0.1) is 11.8 Å². The summed E-state index contributed by atoms with van der Waals surface area (Å²) < 4.78 is 0. The molecule has 1 aliphatic carbocycles. The standard InChI is InChI=1S/C22H26N2O2S/c25-21(13-19-7-4-12-27-19)24-15-18(22(26)23-14-16-8-9-16)10-11-20(24)17-5-2-1-3-6-17/h1-7,12,16,18,20H,8-11,13-15H2,(H,23,26)/t18-,20+/m1/s1. The van der Waals surface area contributed by atoms with Gasteiger partial charge < -0.3 is 10.2 Å². The van der Waals surface area contributed by atoms with E-state index in [4.69, 9.17) is 0 Å². The molecule has 4 rings (SSSR count). The molecule has 2 aliphatic rings. The summed E-state index contributed by atoms with van der Waals surface area (Å²) in [6.07, 6.45) is 4.54. The molecule has 1 saturated heterocycles. The fraction of sp³-hybridized carbons (Fsp3) is 0.455. The van der Waals surface area contributed by atoms with Crippen LogP contribution >= 0.6 is 11.3 Å². The van der Waals surface area contributed by atoms with E-state index in [-0.39, 0.29) is 23.8 Å². The van der Waals surface area contributed by atoms with E-state index in [1.165, 1.54) is 12.8 Å². The second-order valence-electron chi connectivity index (χ2n) is 7.69. The van der Waals surface area contributed by atoms with Crippen molar-refractivity contribution in [3.63, 3.8) is 0 Å². The highest BCUT2D eigenvalue weighted by atomic mass is 32.1. The lowest BCUT2D eigenvalue weighted by Crippen LogP contribution is -2.47. The third-order valence-corrected chi connectivity index (χ3v) is 6.50. The summed E-state index contributed by atoms with van der Waals surface area (Å²) in [5.74, 6) is 0.801. The van der Waals surface area contributed by atoms with E-state index in [2.05, 4.69) is 17.4 Å². The number of hydrogen-bond acceptors (Lipinski definition) is 3. The van der Waals surface area contributed by atoms with Gasteiger partial charge in [0.1, 0.15) is 0 Å². The lowest BCUT2D eigenvalue weighted by atomic mass is 9.88. The average molecular weight is 383 g/mol. The number of amides is 2. The first kappa shape index (κ1) is 18.2. The maximum Gasteiger partial charge on any atom is 0.228 e. The normalized spacial score (nSPS) is 22.4. The minimum absolute atomic E-state index is 0.0612. The molecule has 1 aromatic carbocycles. The van der Waals surface area contributed by atoms with Gasteiger partial charge >= 0.3 is 0 Å². The summed E-state index contributed by atoms with van der Waals surface area (Å²) in [4.78, 5) is 28.7. The van der Waals surface area contributed by atoms with Gasteiger partial charge in [-0.15, -0.1) is 11.3 Å². The molecule has 4 nitrogen and oxygen atoms in total. The molecule has 2 heterocycles. The van der Waals surface area contributed by atoms with E-state index in [1.807, 2.05) is 40.6 Å². The quantitative estimate of drug-likeness (QED) is 0.826. The Labute approximate surface area is 164 Å². The van der Waals surface area contributed by atoms with Crippen molar-refractivity contribution >= 4 is 23.2 Å². The minimum atomic E-state index is -0.101. The van der Waals surface area contributed by atoms with E-state index in [1.54, 1.807) is 11.3 Å². The van der Waals surface area contributed by atoms with Gasteiger partial charge in [-0.25, -0.2) is 0 Å². The molecule has 1 saturated carbocycles. The first-order chi connectivity index (χ1) is 13.2. The van der Waals surface area contributed by atoms with Gasteiger partial charge in [0.2, 0.25) is 11.8 Å². The highest BCUT2D eigenvalue weighted by Crippen LogP contribution is 2.34. The van der Waals surface area contributed by atoms with Crippen LogP contribution in [0.3, 0.4) is 0 Å². The van der Waals surface area contributed by atoms with E-state index in [0.29, 0.717) is 18.9 Å². The van der Waals surface area contributed by atoms with Gasteiger partial charge in [0.05, 0.1) is 18.4 Å². The Balaban J connectivity index is 1.48. The van der Waals surface area contributed by atoms with Crippen LogP contribution in [-0.2, 0) is 16.0 Å². The van der Waals surface area contributed by atoms with Gasteiger partial charge in [-0.1, -0.05) is 36.4 Å². The number of nitrogens with one attached hydrogen (secondary N) is 1. The Morgan fingerprint density at radius 2 is 1.85 bits per heavy atom. The average Bonchev–Trinajstić information content (AvgIpc) is 3.41. The molecule has 2 aromatic rings. The van der Waals surface area contributed by atoms with Crippen molar-refractivity contribution in [2.75, 3.05) is 13.1 Å². The molecule has 2 atom stereocenters. The Bertz CT molecular complexity index is 771. The van der Waals surface area contributed by atoms with Crippen LogP contribution < -0.4 is 5.32 Å². The highest BCUT2D eigenvalue weighted by Gasteiger charge is 2.35. The lowest BCUT2D eigenvalue weighted by molar-refractivity contribution is -0.138. The number of hydrogen-bond donors (Lipinski definition) is 1. The number of thiophene rings is 1. The smallest absolute Gasteiger partial charge is 0.228 e. The van der Waals surface area contributed by atoms with Gasteiger partial charge in [-0.3, -0.25) is 9.59 Å². The summed E-state index contributed by atoms with van der Waals surface area (Å²) >= 11 is 1.61. The van der Waals surface area contributed by atoms with Gasteiger partial charge in [-0.2, -0.15) is 0 Å². The van der Waals surface area contributed by atoms with Gasteiger partial charge in [-0.05, 0) is 48.6 Å². The van der Waals surface area contributed by atoms with Crippen LogP contribution in [0.2, 0.25) is 0 Å². The zero-order valence-electron chi connectivity index (χ0n) is 15.5. The topological polar surface area (TPSA) is 49.4 Å². The van der Waals surface area contributed by atoms with Gasteiger partial charge in [0.25, 0.3) is 0 Å². The summed E-state index contributed by atoms with van der Waals surface area (Å²) in [5.41, 5.74) is 1.16. The molecule has 27 heavy (non-hydrogen) atoms. The molecule has 0 radical (unpaired) electrons. The molecular weight excluding hydrogens is 356 g/mol. The zero-order valence-corrected chi connectivity index (χ0v) is 16.3. The van der Waals surface area contributed by atoms with Crippen LogP contribution in [0.15, 0.2) is 47.8 Å². The fourth-order valence-corrected chi connectivity index (χ4v) is 4.55. The van der Waals surface area contributed by atoms with Crippen molar-refractivity contribution in [3.05, 3.63) is 58.3 Å². The Morgan fingerprint density at radius 3 is 2.56 bits per heavy atom. The molecule has 5 heteroatoms. The number of carbonyl (C=O) groups excluding carboxylic acids is 2. The summed E-state index contributed by atoms with van der Waals surface area (Å²) in [6.45, 7) is 1.31. The molecule has 0 bridgehead atoms. The number of carbonyl (C=O) groups is 2. The van der Waals surface area contributed by atoms with Crippen LogP contribution in [0.4, 0.5) is 0 Å². The molecule has 142 valence electrons. The molecule has 1 aromatic heterocycles. The van der Waals surface area contributed by atoms with Crippen LogP contribution in [0.1, 0.15) is 42.2 Å². The second kappa shape index (κ2) is 8.26. The van der Waals surface area contributed by atoms with Crippen molar-refractivity contribution in [3.8, 4) is 0 Å². The number of benzene rings is 1. The summed E-state index contributed by atoms with van der Waals surface area (Å²) in [7, 11) is 0. The van der Waals surface area contributed by atoms with Crippen LogP contribution in [0.25, 0.3) is 0 Å². The predicted molar refractivity (Wildman–Crippen MR) is 107 cm³/mol.